The van der Waals surface area contributed by atoms with Crippen molar-refractivity contribution in [1.82, 2.24) is 0 Å². The molecular weight excluding hydrogens is 280 g/mol. The van der Waals surface area contributed by atoms with Crippen LogP contribution >= 0.6 is 0 Å². The third-order valence-electron chi connectivity index (χ3n) is 3.72. The lowest BCUT2D eigenvalue weighted by Gasteiger charge is -2.15. The van der Waals surface area contributed by atoms with Gasteiger partial charge in [0.1, 0.15) is 0 Å². The van der Waals surface area contributed by atoms with Gasteiger partial charge in [0.2, 0.25) is 0 Å². The van der Waals surface area contributed by atoms with Crippen molar-refractivity contribution in [2.45, 2.75) is 83.3 Å². The third-order valence-corrected chi connectivity index (χ3v) is 3.72. The van der Waals surface area contributed by atoms with Gasteiger partial charge in [-0.15, -0.1) is 0 Å². The number of aliphatic hydroxyl groups is 2. The smallest absolute Gasteiger partial charge is 0.328 e. The van der Waals surface area contributed by atoms with E-state index in [1.54, 1.807) is 12.2 Å². The van der Waals surface area contributed by atoms with Gasteiger partial charge in [0.25, 0.3) is 0 Å². The van der Waals surface area contributed by atoms with Crippen molar-refractivity contribution in [2.24, 2.45) is 0 Å². The van der Waals surface area contributed by atoms with Crippen LogP contribution in [0.3, 0.4) is 0 Å². The predicted molar refractivity (Wildman–Crippen MR) is 89.8 cm³/mol. The lowest BCUT2D eigenvalue weighted by molar-refractivity contribution is -0.131. The first kappa shape index (κ1) is 20.9. The fourth-order valence-electron chi connectivity index (χ4n) is 2.28. The number of rotatable bonds is 14. The maximum absolute atomic E-state index is 10.2. The molecule has 0 aliphatic heterocycles. The molecule has 0 radical (unpaired) electrons. The minimum atomic E-state index is -0.915. The van der Waals surface area contributed by atoms with Crippen molar-refractivity contribution >= 4 is 5.97 Å². The first-order chi connectivity index (χ1) is 10.6. The minimum Gasteiger partial charge on any atom is -0.478 e. The Morgan fingerprint density at radius 3 is 2.09 bits per heavy atom. The molecule has 4 nitrogen and oxygen atoms in total. The standard InChI is InChI=1S/C18H32O4/c1-2-16(19)17(20)14-12-10-8-6-4-3-5-7-9-11-13-15-18(21)22/h9,11,13,15-17,19-20H,2-8,10,12,14H2,1H3,(H,21,22). The molecule has 0 aromatic rings. The molecular formula is C18H32O4. The quantitative estimate of drug-likeness (QED) is 0.259. The zero-order valence-corrected chi connectivity index (χ0v) is 13.8. The lowest BCUT2D eigenvalue weighted by atomic mass is 10.0. The van der Waals surface area contributed by atoms with Gasteiger partial charge in [-0.3, -0.25) is 0 Å². The van der Waals surface area contributed by atoms with Gasteiger partial charge in [-0.2, -0.15) is 0 Å². The monoisotopic (exact) mass is 312 g/mol. The van der Waals surface area contributed by atoms with Gasteiger partial charge in [-0.25, -0.2) is 4.79 Å². The topological polar surface area (TPSA) is 77.8 Å². The maximum Gasteiger partial charge on any atom is 0.328 e. The summed E-state index contributed by atoms with van der Waals surface area (Å²) in [6, 6.07) is 0. The number of carboxylic acids is 1. The number of carbonyl (C=O) groups is 1. The van der Waals surface area contributed by atoms with E-state index >= 15 is 0 Å². The van der Waals surface area contributed by atoms with Gasteiger partial charge >= 0.3 is 5.97 Å². The molecule has 3 N–H and O–H groups in total. The zero-order valence-electron chi connectivity index (χ0n) is 13.8. The van der Waals surface area contributed by atoms with E-state index in [1.807, 2.05) is 13.0 Å². The Hall–Kier alpha value is -1.13. The van der Waals surface area contributed by atoms with E-state index in [9.17, 15) is 15.0 Å². The highest BCUT2D eigenvalue weighted by Crippen LogP contribution is 2.12. The molecule has 0 fully saturated rings. The molecule has 128 valence electrons. The number of aliphatic carboxylic acids is 1. The first-order valence-electron chi connectivity index (χ1n) is 8.50. The molecule has 0 aliphatic rings. The van der Waals surface area contributed by atoms with Crippen LogP contribution in [0.5, 0.6) is 0 Å². The Morgan fingerprint density at radius 2 is 1.50 bits per heavy atom. The molecule has 2 atom stereocenters. The van der Waals surface area contributed by atoms with Crippen molar-refractivity contribution in [3.63, 3.8) is 0 Å². The molecule has 4 heteroatoms. The molecule has 2 unspecified atom stereocenters. The lowest BCUT2D eigenvalue weighted by Crippen LogP contribution is -2.24. The number of carboxylic acid groups (broad SMARTS) is 1. The predicted octanol–water partition coefficient (Wildman–Crippen LogP) is 3.83. The van der Waals surface area contributed by atoms with E-state index in [0.29, 0.717) is 12.8 Å². The SMILES string of the molecule is CCC(O)C(O)CCCCCCCCCC=CC=CC(=O)O. The van der Waals surface area contributed by atoms with Crippen molar-refractivity contribution in [3.05, 3.63) is 24.3 Å². The second-order valence-corrected chi connectivity index (χ2v) is 5.72. The molecule has 22 heavy (non-hydrogen) atoms. The van der Waals surface area contributed by atoms with E-state index in [-0.39, 0.29) is 0 Å². The minimum absolute atomic E-state index is 0.563. The Balaban J connectivity index is 3.29. The summed E-state index contributed by atoms with van der Waals surface area (Å²) >= 11 is 0. The Bertz CT molecular complexity index is 323. The van der Waals surface area contributed by atoms with E-state index in [1.165, 1.54) is 25.7 Å². The van der Waals surface area contributed by atoms with Crippen LogP contribution in [0.2, 0.25) is 0 Å². The summed E-state index contributed by atoms with van der Waals surface area (Å²) in [5.41, 5.74) is 0. The molecule has 0 aromatic heterocycles. The van der Waals surface area contributed by atoms with Crippen LogP contribution in [-0.2, 0) is 4.79 Å². The van der Waals surface area contributed by atoms with Gasteiger partial charge in [-0.1, -0.05) is 63.7 Å². The number of allylic oxidation sites excluding steroid dienone is 3. The van der Waals surface area contributed by atoms with Crippen LogP contribution < -0.4 is 0 Å². The Kier molecular flexibility index (Phi) is 14.0. The van der Waals surface area contributed by atoms with Crippen LogP contribution in [0.15, 0.2) is 24.3 Å². The van der Waals surface area contributed by atoms with E-state index in [0.717, 1.165) is 31.8 Å². The van der Waals surface area contributed by atoms with Crippen molar-refractivity contribution in [2.75, 3.05) is 0 Å². The molecule has 0 saturated carbocycles. The van der Waals surface area contributed by atoms with Crippen LogP contribution in [0, 0.1) is 0 Å². The normalized spacial score (nSPS) is 14.7. The van der Waals surface area contributed by atoms with E-state index < -0.39 is 18.2 Å². The highest BCUT2D eigenvalue weighted by Gasteiger charge is 2.12. The summed E-state index contributed by atoms with van der Waals surface area (Å²) < 4.78 is 0. The molecule has 0 amide bonds. The molecule has 0 saturated heterocycles. The average Bonchev–Trinajstić information content (AvgIpc) is 2.50. The molecule has 0 spiro atoms. The van der Waals surface area contributed by atoms with Crippen LogP contribution in [0.1, 0.15) is 71.1 Å². The first-order valence-corrected chi connectivity index (χ1v) is 8.50. The van der Waals surface area contributed by atoms with Crippen LogP contribution in [0.4, 0.5) is 0 Å². The summed E-state index contributed by atoms with van der Waals surface area (Å²) in [5.74, 6) is -0.915. The van der Waals surface area contributed by atoms with Gasteiger partial charge in [0.15, 0.2) is 0 Å². The van der Waals surface area contributed by atoms with Gasteiger partial charge in [-0.05, 0) is 25.7 Å². The summed E-state index contributed by atoms with van der Waals surface area (Å²) in [5, 5.41) is 27.5. The van der Waals surface area contributed by atoms with Gasteiger partial charge in [0, 0.05) is 6.08 Å². The second-order valence-electron chi connectivity index (χ2n) is 5.72. The highest BCUT2D eigenvalue weighted by atomic mass is 16.4. The summed E-state index contributed by atoms with van der Waals surface area (Å²) in [4.78, 5) is 10.2. The van der Waals surface area contributed by atoms with Crippen LogP contribution in [0.25, 0.3) is 0 Å². The molecule has 0 aliphatic carbocycles. The largest absolute Gasteiger partial charge is 0.478 e. The summed E-state index contributed by atoms with van der Waals surface area (Å²) in [6.07, 6.45) is 15.7. The van der Waals surface area contributed by atoms with Gasteiger partial charge in [0.05, 0.1) is 12.2 Å². The van der Waals surface area contributed by atoms with Crippen molar-refractivity contribution in [1.29, 1.82) is 0 Å². The zero-order chi connectivity index (χ0) is 16.6. The summed E-state index contributed by atoms with van der Waals surface area (Å²) in [7, 11) is 0. The van der Waals surface area contributed by atoms with Gasteiger partial charge < -0.3 is 15.3 Å². The molecule has 0 bridgehead atoms. The summed E-state index contributed by atoms with van der Waals surface area (Å²) in [6.45, 7) is 1.88. The van der Waals surface area contributed by atoms with Crippen LogP contribution in [-0.4, -0.2) is 33.5 Å². The Morgan fingerprint density at radius 1 is 0.909 bits per heavy atom. The maximum atomic E-state index is 10.2. The highest BCUT2D eigenvalue weighted by molar-refractivity contribution is 5.80. The Labute approximate surface area is 134 Å². The second kappa shape index (κ2) is 14.8. The van der Waals surface area contributed by atoms with E-state index in [2.05, 4.69) is 0 Å². The number of hydrogen-bond donors (Lipinski definition) is 3. The van der Waals surface area contributed by atoms with E-state index in [4.69, 9.17) is 5.11 Å². The van der Waals surface area contributed by atoms with Crippen molar-refractivity contribution in [3.8, 4) is 0 Å². The number of unbranched alkanes of at least 4 members (excludes halogenated alkanes) is 7. The molecule has 0 heterocycles. The average molecular weight is 312 g/mol. The number of hydrogen-bond acceptors (Lipinski definition) is 3. The molecule has 0 aromatic carbocycles. The third kappa shape index (κ3) is 13.8. The number of aliphatic hydroxyl groups excluding tert-OH is 2. The van der Waals surface area contributed by atoms with Crippen molar-refractivity contribution < 1.29 is 20.1 Å². The fraction of sp³-hybridized carbons (Fsp3) is 0.722. The molecule has 0 rings (SSSR count). The fourth-order valence-corrected chi connectivity index (χ4v) is 2.28.